The molecule has 3 nitrogen and oxygen atoms in total. The summed E-state index contributed by atoms with van der Waals surface area (Å²) >= 11 is 0. The Labute approximate surface area is 90.2 Å². The van der Waals surface area contributed by atoms with Crippen LogP contribution in [0.1, 0.15) is 24.8 Å². The van der Waals surface area contributed by atoms with E-state index >= 15 is 0 Å². The molecule has 3 heteroatoms. The smallest absolute Gasteiger partial charge is 0.314 e. The van der Waals surface area contributed by atoms with Crippen LogP contribution in [0.15, 0.2) is 30.3 Å². The molecule has 0 fully saturated rings. The Morgan fingerprint density at radius 2 is 2.07 bits per heavy atom. The van der Waals surface area contributed by atoms with Crippen molar-refractivity contribution in [2.24, 2.45) is 5.73 Å². The maximum absolute atomic E-state index is 11.6. The molecule has 1 atom stereocenters. The normalized spacial score (nSPS) is 12.1. The van der Waals surface area contributed by atoms with E-state index in [2.05, 4.69) is 0 Å². The van der Waals surface area contributed by atoms with Gasteiger partial charge in [-0.05, 0) is 12.0 Å². The van der Waals surface area contributed by atoms with E-state index in [0.29, 0.717) is 6.61 Å². The number of esters is 1. The minimum Gasteiger partial charge on any atom is -0.465 e. The molecule has 0 aliphatic carbocycles. The van der Waals surface area contributed by atoms with E-state index in [4.69, 9.17) is 10.5 Å². The molecular formula is C12H17NO2. The summed E-state index contributed by atoms with van der Waals surface area (Å²) in [5.41, 5.74) is 6.49. The molecule has 82 valence electrons. The summed E-state index contributed by atoms with van der Waals surface area (Å²) in [7, 11) is 0. The highest BCUT2D eigenvalue weighted by Crippen LogP contribution is 2.15. The van der Waals surface area contributed by atoms with Crippen LogP contribution in [0.2, 0.25) is 0 Å². The lowest BCUT2D eigenvalue weighted by atomic mass is 10.00. The third-order valence-corrected chi connectivity index (χ3v) is 2.17. The summed E-state index contributed by atoms with van der Waals surface area (Å²) in [6, 6.07) is 9.49. The van der Waals surface area contributed by atoms with E-state index in [9.17, 15) is 4.79 Å². The number of hydrogen-bond acceptors (Lipinski definition) is 3. The van der Waals surface area contributed by atoms with Gasteiger partial charge in [-0.1, -0.05) is 37.3 Å². The Morgan fingerprint density at radius 1 is 1.40 bits per heavy atom. The van der Waals surface area contributed by atoms with Crippen LogP contribution in [0, 0.1) is 0 Å². The number of benzene rings is 1. The Morgan fingerprint density at radius 3 is 2.60 bits per heavy atom. The van der Waals surface area contributed by atoms with Crippen LogP contribution < -0.4 is 5.73 Å². The van der Waals surface area contributed by atoms with Crippen molar-refractivity contribution in [1.29, 1.82) is 0 Å². The maximum atomic E-state index is 11.6. The van der Waals surface area contributed by atoms with Gasteiger partial charge in [-0.2, -0.15) is 0 Å². The van der Waals surface area contributed by atoms with E-state index in [1.54, 1.807) is 0 Å². The highest BCUT2D eigenvalue weighted by atomic mass is 16.5. The second kappa shape index (κ2) is 6.19. The van der Waals surface area contributed by atoms with Gasteiger partial charge in [0.2, 0.25) is 0 Å². The number of ether oxygens (including phenoxy) is 1. The first-order valence-corrected chi connectivity index (χ1v) is 5.21. The van der Waals surface area contributed by atoms with Gasteiger partial charge in [0, 0.05) is 6.54 Å². The summed E-state index contributed by atoms with van der Waals surface area (Å²) in [4.78, 5) is 11.6. The zero-order valence-corrected chi connectivity index (χ0v) is 8.98. The predicted octanol–water partition coefficient (Wildman–Crippen LogP) is 1.68. The molecular weight excluding hydrogens is 190 g/mol. The zero-order valence-electron chi connectivity index (χ0n) is 8.98. The topological polar surface area (TPSA) is 52.3 Å². The fourth-order valence-electron chi connectivity index (χ4n) is 1.36. The fraction of sp³-hybridized carbons (Fsp3) is 0.417. The number of nitrogens with two attached hydrogens (primary N) is 1. The fourth-order valence-corrected chi connectivity index (χ4v) is 1.36. The molecule has 0 aromatic heterocycles. The van der Waals surface area contributed by atoms with Crippen LogP contribution in [0.4, 0.5) is 0 Å². The average Bonchev–Trinajstić information content (AvgIpc) is 2.29. The number of rotatable bonds is 5. The Balaban J connectivity index is 2.67. The molecule has 0 amide bonds. The molecule has 1 aromatic carbocycles. The number of hydrogen-bond donors (Lipinski definition) is 1. The molecule has 1 rings (SSSR count). The molecule has 0 bridgehead atoms. The van der Waals surface area contributed by atoms with Crippen molar-refractivity contribution in [3.8, 4) is 0 Å². The van der Waals surface area contributed by atoms with Gasteiger partial charge in [0.1, 0.15) is 0 Å². The van der Waals surface area contributed by atoms with Gasteiger partial charge in [0.15, 0.2) is 0 Å². The van der Waals surface area contributed by atoms with E-state index in [1.807, 2.05) is 37.3 Å². The lowest BCUT2D eigenvalue weighted by Gasteiger charge is -2.13. The zero-order chi connectivity index (χ0) is 11.1. The van der Waals surface area contributed by atoms with E-state index in [0.717, 1.165) is 12.0 Å². The SMILES string of the molecule is CCCOC(=O)[C@H](CN)c1ccccc1. The highest BCUT2D eigenvalue weighted by Gasteiger charge is 2.19. The minimum absolute atomic E-state index is 0.231. The second-order valence-electron chi connectivity index (χ2n) is 3.37. The third-order valence-electron chi connectivity index (χ3n) is 2.17. The molecule has 0 saturated heterocycles. The van der Waals surface area contributed by atoms with Gasteiger partial charge >= 0.3 is 5.97 Å². The van der Waals surface area contributed by atoms with E-state index in [-0.39, 0.29) is 18.4 Å². The van der Waals surface area contributed by atoms with Crippen molar-refractivity contribution in [1.82, 2.24) is 0 Å². The first-order valence-electron chi connectivity index (χ1n) is 5.21. The van der Waals surface area contributed by atoms with E-state index in [1.165, 1.54) is 0 Å². The van der Waals surface area contributed by atoms with Crippen LogP contribution in [-0.2, 0) is 9.53 Å². The minimum atomic E-state index is -0.335. The Bertz CT molecular complexity index is 298. The summed E-state index contributed by atoms with van der Waals surface area (Å²) in [5.74, 6) is -0.566. The van der Waals surface area contributed by atoms with Crippen LogP contribution >= 0.6 is 0 Å². The summed E-state index contributed by atoms with van der Waals surface area (Å²) in [6.45, 7) is 2.71. The van der Waals surface area contributed by atoms with Gasteiger partial charge in [0.25, 0.3) is 0 Å². The van der Waals surface area contributed by atoms with Crippen molar-refractivity contribution in [3.63, 3.8) is 0 Å². The lowest BCUT2D eigenvalue weighted by Crippen LogP contribution is -2.24. The highest BCUT2D eigenvalue weighted by molar-refractivity contribution is 5.78. The average molecular weight is 207 g/mol. The second-order valence-corrected chi connectivity index (χ2v) is 3.37. The van der Waals surface area contributed by atoms with Gasteiger partial charge < -0.3 is 10.5 Å². The molecule has 0 heterocycles. The molecule has 15 heavy (non-hydrogen) atoms. The van der Waals surface area contributed by atoms with Gasteiger partial charge in [-0.3, -0.25) is 4.79 Å². The first-order chi connectivity index (χ1) is 7.29. The van der Waals surface area contributed by atoms with Crippen molar-refractivity contribution < 1.29 is 9.53 Å². The van der Waals surface area contributed by atoms with Gasteiger partial charge in [-0.15, -0.1) is 0 Å². The van der Waals surface area contributed by atoms with Crippen molar-refractivity contribution in [3.05, 3.63) is 35.9 Å². The number of carbonyl (C=O) groups is 1. The standard InChI is InChI=1S/C12H17NO2/c1-2-8-15-12(14)11(9-13)10-6-4-3-5-7-10/h3-7,11H,2,8-9,13H2,1H3/t11-/m1/s1. The van der Waals surface area contributed by atoms with Crippen LogP contribution in [-0.4, -0.2) is 19.1 Å². The van der Waals surface area contributed by atoms with Gasteiger partial charge in [0.05, 0.1) is 12.5 Å². The van der Waals surface area contributed by atoms with Crippen molar-refractivity contribution in [2.75, 3.05) is 13.2 Å². The molecule has 2 N–H and O–H groups in total. The summed E-state index contributed by atoms with van der Waals surface area (Å²) in [6.07, 6.45) is 0.831. The molecule has 0 aliphatic rings. The van der Waals surface area contributed by atoms with Crippen LogP contribution in [0.5, 0.6) is 0 Å². The largest absolute Gasteiger partial charge is 0.465 e. The monoisotopic (exact) mass is 207 g/mol. The molecule has 1 aromatic rings. The molecule has 0 spiro atoms. The Kier molecular flexibility index (Phi) is 4.84. The maximum Gasteiger partial charge on any atom is 0.314 e. The van der Waals surface area contributed by atoms with Gasteiger partial charge in [-0.25, -0.2) is 0 Å². The van der Waals surface area contributed by atoms with Crippen LogP contribution in [0.3, 0.4) is 0 Å². The van der Waals surface area contributed by atoms with Crippen molar-refractivity contribution in [2.45, 2.75) is 19.3 Å². The van der Waals surface area contributed by atoms with E-state index < -0.39 is 0 Å². The van der Waals surface area contributed by atoms with Crippen LogP contribution in [0.25, 0.3) is 0 Å². The quantitative estimate of drug-likeness (QED) is 0.747. The Hall–Kier alpha value is -1.35. The molecule has 0 aliphatic heterocycles. The van der Waals surface area contributed by atoms with Crippen molar-refractivity contribution >= 4 is 5.97 Å². The molecule has 0 radical (unpaired) electrons. The molecule has 0 saturated carbocycles. The summed E-state index contributed by atoms with van der Waals surface area (Å²) in [5, 5.41) is 0. The predicted molar refractivity (Wildman–Crippen MR) is 59.5 cm³/mol. The number of carbonyl (C=O) groups excluding carboxylic acids is 1. The first kappa shape index (κ1) is 11.7. The summed E-state index contributed by atoms with van der Waals surface area (Å²) < 4.78 is 5.08. The molecule has 0 unspecified atom stereocenters. The third kappa shape index (κ3) is 3.36. The lowest BCUT2D eigenvalue weighted by molar-refractivity contribution is -0.145.